The van der Waals surface area contributed by atoms with Crippen molar-refractivity contribution in [1.82, 2.24) is 15.1 Å². The first-order valence-corrected chi connectivity index (χ1v) is 11.4. The molecule has 2 N–H and O–H groups in total. The number of carbonyl (C=O) groups excluding carboxylic acids is 1. The summed E-state index contributed by atoms with van der Waals surface area (Å²) in [6.45, 7) is 6.23. The van der Waals surface area contributed by atoms with Gasteiger partial charge in [-0.05, 0) is 80.0 Å². The number of amides is 1. The highest BCUT2D eigenvalue weighted by molar-refractivity contribution is 5.96. The van der Waals surface area contributed by atoms with E-state index in [1.165, 1.54) is 32.1 Å². The molecule has 4 bridgehead atoms. The first-order valence-electron chi connectivity index (χ1n) is 11.4. The van der Waals surface area contributed by atoms with Crippen molar-refractivity contribution in [2.45, 2.75) is 64.3 Å². The summed E-state index contributed by atoms with van der Waals surface area (Å²) < 4.78 is 1.78. The molecule has 6 heteroatoms. The molecule has 0 atom stereocenters. The average molecular weight is 422 g/mol. The van der Waals surface area contributed by atoms with Crippen LogP contribution in [0.5, 0.6) is 0 Å². The fourth-order valence-corrected chi connectivity index (χ4v) is 6.57. The Morgan fingerprint density at radius 1 is 1.00 bits per heavy atom. The Labute approximate surface area is 183 Å². The highest BCUT2D eigenvalue weighted by Crippen LogP contribution is 2.53. The van der Waals surface area contributed by atoms with Gasteiger partial charge in [0.25, 0.3) is 5.91 Å². The van der Waals surface area contributed by atoms with Gasteiger partial charge in [0.1, 0.15) is 0 Å². The molecule has 0 unspecified atom stereocenters. The van der Waals surface area contributed by atoms with E-state index in [1.54, 1.807) is 35.1 Å². The zero-order chi connectivity index (χ0) is 21.9. The fourth-order valence-electron chi connectivity index (χ4n) is 6.57. The molecular weight excluding hydrogens is 390 g/mol. The Balaban J connectivity index is 1.44. The molecule has 2 aromatic rings. The van der Waals surface area contributed by atoms with Crippen molar-refractivity contribution >= 4 is 11.9 Å². The van der Waals surface area contributed by atoms with E-state index in [4.69, 9.17) is 0 Å². The highest BCUT2D eigenvalue weighted by Gasteiger charge is 2.48. The number of benzene rings is 1. The van der Waals surface area contributed by atoms with Gasteiger partial charge in [0.15, 0.2) is 0 Å². The smallest absolute Gasteiger partial charge is 0.335 e. The molecule has 0 saturated heterocycles. The third-order valence-electron chi connectivity index (χ3n) is 7.61. The SMILES string of the molecule is CC(C)(C)c1c(C(=O)NC2[C@H]3C[C@@H]4C[C@@H](C[C@H]2C4)C3)cnn1-c1ccc(C(=O)O)cc1. The zero-order valence-electron chi connectivity index (χ0n) is 18.5. The van der Waals surface area contributed by atoms with Crippen LogP contribution < -0.4 is 5.32 Å². The van der Waals surface area contributed by atoms with Crippen LogP contribution in [0.15, 0.2) is 30.5 Å². The molecule has 1 amide bonds. The molecule has 4 aliphatic carbocycles. The van der Waals surface area contributed by atoms with E-state index in [0.29, 0.717) is 17.4 Å². The number of nitrogens with one attached hydrogen (secondary N) is 1. The van der Waals surface area contributed by atoms with Crippen LogP contribution in [-0.4, -0.2) is 32.8 Å². The van der Waals surface area contributed by atoms with Gasteiger partial charge in [-0.1, -0.05) is 20.8 Å². The Hall–Kier alpha value is -2.63. The first-order chi connectivity index (χ1) is 14.7. The number of carbonyl (C=O) groups is 2. The van der Waals surface area contributed by atoms with E-state index in [0.717, 1.165) is 23.2 Å². The number of aromatic nitrogens is 2. The summed E-state index contributed by atoms with van der Waals surface area (Å²) in [5, 5.41) is 17.1. The zero-order valence-corrected chi connectivity index (χ0v) is 18.5. The van der Waals surface area contributed by atoms with E-state index in [-0.39, 0.29) is 22.9 Å². The molecule has 0 radical (unpaired) electrons. The standard InChI is InChI=1S/C25H31N3O3/c1-25(2,3)22-20(13-26-28(22)19-6-4-16(5-7-19)24(30)31)23(29)27-21-17-9-14-8-15(11-17)12-18(21)10-14/h4-7,13-15,17-18,21H,8-12H2,1-3H3,(H,27,29)(H,30,31)/t14-,15+,17-,18+,21?. The lowest BCUT2D eigenvalue weighted by atomic mass is 9.54. The lowest BCUT2D eigenvalue weighted by molar-refractivity contribution is -0.0119. The van der Waals surface area contributed by atoms with Crippen LogP contribution in [0.3, 0.4) is 0 Å². The molecule has 0 aliphatic heterocycles. The Kier molecular flexibility index (Phi) is 4.72. The second-order valence-electron chi connectivity index (χ2n) is 10.9. The van der Waals surface area contributed by atoms with Gasteiger partial charge in [-0.25, -0.2) is 9.48 Å². The summed E-state index contributed by atoms with van der Waals surface area (Å²) >= 11 is 0. The van der Waals surface area contributed by atoms with E-state index in [9.17, 15) is 14.7 Å². The summed E-state index contributed by atoms with van der Waals surface area (Å²) in [6, 6.07) is 6.91. The molecule has 4 fully saturated rings. The number of rotatable bonds is 4. The summed E-state index contributed by atoms with van der Waals surface area (Å²) in [6.07, 6.45) is 8.11. The van der Waals surface area contributed by atoms with Crippen LogP contribution in [-0.2, 0) is 5.41 Å². The van der Waals surface area contributed by atoms with Gasteiger partial charge < -0.3 is 10.4 Å². The lowest BCUT2D eigenvalue weighted by Gasteiger charge is -2.54. The van der Waals surface area contributed by atoms with Crippen molar-refractivity contribution in [3.05, 3.63) is 47.3 Å². The summed E-state index contributed by atoms with van der Waals surface area (Å²) in [7, 11) is 0. The van der Waals surface area contributed by atoms with Gasteiger partial charge in [0, 0.05) is 11.5 Å². The van der Waals surface area contributed by atoms with Gasteiger partial charge in [-0.15, -0.1) is 0 Å². The molecule has 1 aromatic heterocycles. The van der Waals surface area contributed by atoms with Crippen molar-refractivity contribution in [1.29, 1.82) is 0 Å². The number of carboxylic acid groups (broad SMARTS) is 1. The quantitative estimate of drug-likeness (QED) is 0.765. The minimum atomic E-state index is -0.959. The van der Waals surface area contributed by atoms with Crippen LogP contribution in [0.1, 0.15) is 79.3 Å². The van der Waals surface area contributed by atoms with Gasteiger partial charge in [0.05, 0.1) is 28.7 Å². The third kappa shape index (κ3) is 3.56. The van der Waals surface area contributed by atoms with E-state index in [1.807, 2.05) is 0 Å². The van der Waals surface area contributed by atoms with Crippen LogP contribution in [0.25, 0.3) is 5.69 Å². The molecular formula is C25H31N3O3. The summed E-state index contributed by atoms with van der Waals surface area (Å²) in [5.74, 6) is 2.00. The Bertz CT molecular complexity index is 988. The van der Waals surface area contributed by atoms with E-state index in [2.05, 4.69) is 31.2 Å². The molecule has 1 heterocycles. The second kappa shape index (κ2) is 7.21. The largest absolute Gasteiger partial charge is 0.478 e. The molecule has 164 valence electrons. The van der Waals surface area contributed by atoms with Crippen molar-refractivity contribution in [3.8, 4) is 5.69 Å². The molecule has 31 heavy (non-hydrogen) atoms. The van der Waals surface area contributed by atoms with Gasteiger partial charge >= 0.3 is 5.97 Å². The molecule has 6 rings (SSSR count). The molecule has 6 nitrogen and oxygen atoms in total. The van der Waals surface area contributed by atoms with Crippen LogP contribution in [0.4, 0.5) is 0 Å². The number of hydrogen-bond acceptors (Lipinski definition) is 3. The predicted molar refractivity (Wildman–Crippen MR) is 118 cm³/mol. The maximum atomic E-state index is 13.5. The maximum absolute atomic E-state index is 13.5. The average Bonchev–Trinajstić information content (AvgIpc) is 3.16. The fraction of sp³-hybridized carbons (Fsp3) is 0.560. The number of nitrogens with zero attached hydrogens (tertiary/aromatic N) is 2. The molecule has 0 spiro atoms. The molecule has 1 aromatic carbocycles. The van der Waals surface area contributed by atoms with Gasteiger partial charge in [-0.2, -0.15) is 5.10 Å². The van der Waals surface area contributed by atoms with Crippen LogP contribution in [0.2, 0.25) is 0 Å². The third-order valence-corrected chi connectivity index (χ3v) is 7.61. The van der Waals surface area contributed by atoms with Crippen molar-refractivity contribution < 1.29 is 14.7 Å². The summed E-state index contributed by atoms with van der Waals surface area (Å²) in [5.41, 5.74) is 2.13. The van der Waals surface area contributed by atoms with Gasteiger partial charge in [0.2, 0.25) is 0 Å². The number of carboxylic acids is 1. The van der Waals surface area contributed by atoms with Crippen molar-refractivity contribution in [2.24, 2.45) is 23.7 Å². The molecule has 4 saturated carbocycles. The van der Waals surface area contributed by atoms with Crippen LogP contribution in [0, 0.1) is 23.7 Å². The topological polar surface area (TPSA) is 84.2 Å². The lowest BCUT2D eigenvalue weighted by Crippen LogP contribution is -2.55. The van der Waals surface area contributed by atoms with E-state index < -0.39 is 5.97 Å². The highest BCUT2D eigenvalue weighted by atomic mass is 16.4. The van der Waals surface area contributed by atoms with E-state index >= 15 is 0 Å². The number of aromatic carboxylic acids is 1. The Morgan fingerprint density at radius 3 is 2.10 bits per heavy atom. The predicted octanol–water partition coefficient (Wildman–Crippen LogP) is 4.42. The first kappa shape index (κ1) is 20.3. The van der Waals surface area contributed by atoms with Crippen molar-refractivity contribution in [3.63, 3.8) is 0 Å². The monoisotopic (exact) mass is 421 g/mol. The summed E-state index contributed by atoms with van der Waals surface area (Å²) in [4.78, 5) is 24.6. The normalized spacial score (nSPS) is 29.2. The number of hydrogen-bond donors (Lipinski definition) is 2. The van der Waals surface area contributed by atoms with Crippen molar-refractivity contribution in [2.75, 3.05) is 0 Å². The molecule has 4 aliphatic rings. The minimum Gasteiger partial charge on any atom is -0.478 e. The van der Waals surface area contributed by atoms with Crippen LogP contribution >= 0.6 is 0 Å². The van der Waals surface area contributed by atoms with Gasteiger partial charge in [-0.3, -0.25) is 4.79 Å². The maximum Gasteiger partial charge on any atom is 0.335 e. The minimum absolute atomic E-state index is 0.0317. The second-order valence-corrected chi connectivity index (χ2v) is 10.9. The Morgan fingerprint density at radius 2 is 1.58 bits per heavy atom.